The number of nitrogens with zero attached hydrogens (tertiary/aromatic N) is 1. The Morgan fingerprint density at radius 3 is 2.42 bits per heavy atom. The normalized spacial score (nSPS) is 23.9. The van der Waals surface area contributed by atoms with Gasteiger partial charge in [-0.15, -0.1) is 16.7 Å². The van der Waals surface area contributed by atoms with Crippen LogP contribution in [-0.2, 0) is 4.84 Å². The van der Waals surface area contributed by atoms with E-state index in [1.54, 1.807) is 5.06 Å². The van der Waals surface area contributed by atoms with Crippen LogP contribution in [0.4, 0.5) is 0 Å². The molecule has 1 aliphatic heterocycles. The van der Waals surface area contributed by atoms with Gasteiger partial charge in [0.25, 0.3) is 0 Å². The standard InChI is InChI=1S/C14H14Cl3NO/c1-18-13(12-10(16)3-2-4-11(12)17)9(7-15)14(19-18)8-5-6-8/h2-4,8,13H,5-7H2,1H3. The second-order valence-electron chi connectivity index (χ2n) is 4.97. The summed E-state index contributed by atoms with van der Waals surface area (Å²) in [5, 5.41) is 3.10. The molecule has 0 bridgehead atoms. The minimum Gasteiger partial charge on any atom is -0.409 e. The second-order valence-corrected chi connectivity index (χ2v) is 6.05. The van der Waals surface area contributed by atoms with E-state index in [1.807, 2.05) is 25.2 Å². The number of hydrogen-bond donors (Lipinski definition) is 0. The summed E-state index contributed by atoms with van der Waals surface area (Å²) in [7, 11) is 1.90. The fraction of sp³-hybridized carbons (Fsp3) is 0.429. The number of likely N-dealkylation sites (N-methyl/N-ethyl adjacent to an activating group) is 1. The third kappa shape index (κ3) is 2.36. The molecule has 0 N–H and O–H groups in total. The zero-order chi connectivity index (χ0) is 13.6. The van der Waals surface area contributed by atoms with Crippen molar-refractivity contribution in [3.8, 4) is 0 Å². The number of halogens is 3. The molecule has 102 valence electrons. The Hall–Kier alpha value is -0.410. The second kappa shape index (κ2) is 5.17. The molecule has 1 saturated carbocycles. The van der Waals surface area contributed by atoms with Crippen molar-refractivity contribution >= 4 is 34.8 Å². The zero-order valence-electron chi connectivity index (χ0n) is 10.5. The van der Waals surface area contributed by atoms with E-state index < -0.39 is 0 Å². The third-order valence-electron chi connectivity index (χ3n) is 3.62. The lowest BCUT2D eigenvalue weighted by Gasteiger charge is -2.22. The first kappa shape index (κ1) is 13.6. The lowest BCUT2D eigenvalue weighted by molar-refractivity contribution is -0.0997. The number of benzene rings is 1. The van der Waals surface area contributed by atoms with Gasteiger partial charge in [-0.3, -0.25) is 0 Å². The average molecular weight is 319 g/mol. The van der Waals surface area contributed by atoms with E-state index in [-0.39, 0.29) is 6.04 Å². The van der Waals surface area contributed by atoms with E-state index in [9.17, 15) is 0 Å². The van der Waals surface area contributed by atoms with Gasteiger partial charge >= 0.3 is 0 Å². The molecule has 0 radical (unpaired) electrons. The van der Waals surface area contributed by atoms with Crippen LogP contribution in [0.1, 0.15) is 24.4 Å². The highest BCUT2D eigenvalue weighted by molar-refractivity contribution is 6.36. The third-order valence-corrected chi connectivity index (χ3v) is 4.56. The van der Waals surface area contributed by atoms with Crippen molar-refractivity contribution in [1.82, 2.24) is 5.06 Å². The molecule has 0 saturated heterocycles. The number of allylic oxidation sites excluding steroid dienone is 1. The van der Waals surface area contributed by atoms with Gasteiger partial charge in [0.1, 0.15) is 5.76 Å². The quantitative estimate of drug-likeness (QED) is 0.741. The van der Waals surface area contributed by atoms with Crippen molar-refractivity contribution in [2.45, 2.75) is 18.9 Å². The first-order valence-corrected chi connectivity index (χ1v) is 7.56. The highest BCUT2D eigenvalue weighted by Gasteiger charge is 2.41. The van der Waals surface area contributed by atoms with Crippen molar-refractivity contribution in [2.75, 3.05) is 12.9 Å². The summed E-state index contributed by atoms with van der Waals surface area (Å²) < 4.78 is 0. The first-order valence-electron chi connectivity index (χ1n) is 6.27. The van der Waals surface area contributed by atoms with Crippen LogP contribution in [-0.4, -0.2) is 18.0 Å². The molecule has 0 aromatic heterocycles. The van der Waals surface area contributed by atoms with Crippen LogP contribution in [0.3, 0.4) is 0 Å². The molecular weight excluding hydrogens is 305 g/mol. The summed E-state index contributed by atoms with van der Waals surface area (Å²) in [5.41, 5.74) is 1.96. The van der Waals surface area contributed by atoms with E-state index in [1.165, 1.54) is 12.8 Å². The smallest absolute Gasteiger partial charge is 0.130 e. The van der Waals surface area contributed by atoms with Crippen molar-refractivity contribution < 1.29 is 4.84 Å². The van der Waals surface area contributed by atoms with E-state index in [0.29, 0.717) is 21.8 Å². The lowest BCUT2D eigenvalue weighted by Crippen LogP contribution is -2.20. The molecule has 2 aliphatic rings. The molecule has 1 atom stereocenters. The van der Waals surface area contributed by atoms with Gasteiger partial charge in [-0.25, -0.2) is 0 Å². The Bertz CT molecular complexity index is 519. The Balaban J connectivity index is 2.08. The molecule has 1 fully saturated rings. The minimum absolute atomic E-state index is 0.0886. The predicted octanol–water partition coefficient (Wildman–Crippen LogP) is 4.81. The van der Waals surface area contributed by atoms with Crippen LogP contribution in [0.5, 0.6) is 0 Å². The number of alkyl halides is 1. The summed E-state index contributed by atoms with van der Waals surface area (Å²) >= 11 is 18.8. The Labute approximate surface area is 127 Å². The topological polar surface area (TPSA) is 12.5 Å². The number of hydrogen-bond acceptors (Lipinski definition) is 2. The summed E-state index contributed by atoms with van der Waals surface area (Å²) in [6.45, 7) is 0. The van der Waals surface area contributed by atoms with E-state index in [0.717, 1.165) is 16.9 Å². The molecule has 0 spiro atoms. The van der Waals surface area contributed by atoms with Crippen molar-refractivity contribution in [3.63, 3.8) is 0 Å². The number of rotatable bonds is 3. The summed E-state index contributed by atoms with van der Waals surface area (Å²) in [4.78, 5) is 5.88. The molecule has 1 heterocycles. The fourth-order valence-electron chi connectivity index (χ4n) is 2.57. The Kier molecular flexibility index (Phi) is 3.69. The maximum atomic E-state index is 6.31. The molecule has 5 heteroatoms. The van der Waals surface area contributed by atoms with Gasteiger partial charge in [0.15, 0.2) is 0 Å². The maximum Gasteiger partial charge on any atom is 0.130 e. The molecule has 2 nitrogen and oxygen atoms in total. The first-order chi connectivity index (χ1) is 9.13. The highest BCUT2D eigenvalue weighted by Crippen LogP contribution is 2.49. The Morgan fingerprint density at radius 1 is 1.26 bits per heavy atom. The molecule has 0 amide bonds. The van der Waals surface area contributed by atoms with Crippen LogP contribution in [0.2, 0.25) is 10.0 Å². The number of hydroxylamine groups is 2. The zero-order valence-corrected chi connectivity index (χ0v) is 12.8. The van der Waals surface area contributed by atoms with Gasteiger partial charge in [0.2, 0.25) is 0 Å². The van der Waals surface area contributed by atoms with Crippen LogP contribution >= 0.6 is 34.8 Å². The van der Waals surface area contributed by atoms with Crippen LogP contribution in [0, 0.1) is 5.92 Å². The van der Waals surface area contributed by atoms with Crippen molar-refractivity contribution in [2.24, 2.45) is 5.92 Å². The summed E-state index contributed by atoms with van der Waals surface area (Å²) in [6, 6.07) is 5.44. The van der Waals surface area contributed by atoms with Gasteiger partial charge in [0, 0.05) is 40.0 Å². The fourth-order valence-corrected chi connectivity index (χ4v) is 3.45. The molecule has 1 unspecified atom stereocenters. The molecule has 1 aromatic rings. The van der Waals surface area contributed by atoms with Gasteiger partial charge < -0.3 is 4.84 Å². The summed E-state index contributed by atoms with van der Waals surface area (Å²) in [6.07, 6.45) is 2.35. The minimum atomic E-state index is -0.0886. The summed E-state index contributed by atoms with van der Waals surface area (Å²) in [5.74, 6) is 1.96. The highest BCUT2D eigenvalue weighted by atomic mass is 35.5. The van der Waals surface area contributed by atoms with Crippen LogP contribution in [0.25, 0.3) is 0 Å². The van der Waals surface area contributed by atoms with Gasteiger partial charge in [-0.05, 0) is 25.0 Å². The van der Waals surface area contributed by atoms with Gasteiger partial charge in [0.05, 0.1) is 6.04 Å². The average Bonchev–Trinajstić information content (AvgIpc) is 3.15. The Morgan fingerprint density at radius 2 is 1.89 bits per heavy atom. The molecule has 1 aliphatic carbocycles. The van der Waals surface area contributed by atoms with Gasteiger partial charge in [-0.2, -0.15) is 0 Å². The molecule has 3 rings (SSSR count). The largest absolute Gasteiger partial charge is 0.409 e. The molecule has 19 heavy (non-hydrogen) atoms. The van der Waals surface area contributed by atoms with Crippen molar-refractivity contribution in [1.29, 1.82) is 0 Å². The molecular formula is C14H14Cl3NO. The monoisotopic (exact) mass is 317 g/mol. The van der Waals surface area contributed by atoms with E-state index in [4.69, 9.17) is 39.6 Å². The maximum absolute atomic E-state index is 6.31. The SMILES string of the molecule is CN1OC(C2CC2)=C(CCl)C1c1c(Cl)cccc1Cl. The van der Waals surface area contributed by atoms with Crippen molar-refractivity contribution in [3.05, 3.63) is 45.1 Å². The predicted molar refractivity (Wildman–Crippen MR) is 78.5 cm³/mol. The van der Waals surface area contributed by atoms with E-state index in [2.05, 4.69) is 0 Å². The lowest BCUT2D eigenvalue weighted by atomic mass is 9.98. The van der Waals surface area contributed by atoms with Crippen LogP contribution < -0.4 is 0 Å². The van der Waals surface area contributed by atoms with Crippen LogP contribution in [0.15, 0.2) is 29.5 Å². The molecule has 1 aromatic carbocycles. The van der Waals surface area contributed by atoms with Gasteiger partial charge in [-0.1, -0.05) is 29.3 Å². The van der Waals surface area contributed by atoms with E-state index >= 15 is 0 Å².